The first-order valence-electron chi connectivity index (χ1n) is 16.1. The number of Topliss-reactive ketones (excluding diaryl/α,β-unsaturated/α-hetero) is 1. The zero-order valence-electron chi connectivity index (χ0n) is 26.7. The van der Waals surface area contributed by atoms with E-state index in [9.17, 15) is 23.2 Å². The van der Waals surface area contributed by atoms with Crippen LogP contribution in [0.5, 0.6) is 0 Å². The molecule has 4 heterocycles. The number of carbonyl (C=O) groups excluding carboxylic acids is 2. The number of halogens is 4. The Labute approximate surface area is 295 Å². The molecule has 3 aromatic heterocycles. The molecular formula is C34H33Cl2F2N9O3. The summed E-state index contributed by atoms with van der Waals surface area (Å²) in [6, 6.07) is 14.4. The number of anilines is 1. The quantitative estimate of drug-likeness (QED) is 0.164. The number of rotatable bonds is 9. The second kappa shape index (κ2) is 15.7. The molecule has 0 unspecified atom stereocenters. The van der Waals surface area contributed by atoms with Gasteiger partial charge in [0.05, 0.1) is 29.9 Å². The van der Waals surface area contributed by atoms with Crippen molar-refractivity contribution in [2.45, 2.75) is 63.6 Å². The number of ketones is 1. The van der Waals surface area contributed by atoms with E-state index < -0.39 is 12.6 Å². The number of hydrogen-bond donors (Lipinski definition) is 2. The highest BCUT2D eigenvalue weighted by molar-refractivity contribution is 6.31. The molecule has 260 valence electrons. The number of aromatic nitrogens is 7. The molecule has 12 nitrogen and oxygen atoms in total. The molecule has 1 aliphatic heterocycles. The van der Waals surface area contributed by atoms with Crippen LogP contribution >= 0.6 is 23.2 Å². The number of hydrogen-bond acceptors (Lipinski definition) is 8. The molecule has 2 atom stereocenters. The molecular weight excluding hydrogens is 691 g/mol. The molecule has 0 fully saturated rings. The standard InChI is InChI=1S/C34H33Cl2F2N9O3/c35-22-11-12-29(47-19-31(36)42-44-47)24(17-22)27-18-32(49)45(20-40-27)28-9-2-1-3-14-39-33(50)26(41-23-7-4-6-21(28)16-23)8-5-10-30(48)25-13-15-46(43-25)34(37)38/h4,6-7,11-13,15-20,26,28,34,41H,1-3,5,8-10,14H2,(H,39,50)/t26-,28+/m1/s1. The summed E-state index contributed by atoms with van der Waals surface area (Å²) in [5, 5.41) is 18.5. The fourth-order valence-corrected chi connectivity index (χ4v) is 6.30. The smallest absolute Gasteiger partial charge is 0.333 e. The van der Waals surface area contributed by atoms with E-state index in [0.717, 1.165) is 31.0 Å². The molecule has 0 spiro atoms. The number of carbonyl (C=O) groups is 2. The highest BCUT2D eigenvalue weighted by atomic mass is 35.5. The van der Waals surface area contributed by atoms with E-state index in [1.807, 2.05) is 24.3 Å². The lowest BCUT2D eigenvalue weighted by molar-refractivity contribution is -0.122. The Morgan fingerprint density at radius 1 is 1.04 bits per heavy atom. The first-order chi connectivity index (χ1) is 24.2. The van der Waals surface area contributed by atoms with Gasteiger partial charge in [-0.2, -0.15) is 13.9 Å². The highest BCUT2D eigenvalue weighted by Gasteiger charge is 2.23. The Hall–Kier alpha value is -4.95. The second-order valence-corrected chi connectivity index (χ2v) is 12.7. The zero-order chi connectivity index (χ0) is 35.2. The number of amides is 1. The number of fused-ring (bicyclic) bond motifs is 2. The molecule has 6 rings (SSSR count). The van der Waals surface area contributed by atoms with Crippen molar-refractivity contribution in [3.63, 3.8) is 0 Å². The fourth-order valence-electron chi connectivity index (χ4n) is 6.00. The Morgan fingerprint density at radius 3 is 2.66 bits per heavy atom. The lowest BCUT2D eigenvalue weighted by atomic mass is 9.99. The summed E-state index contributed by atoms with van der Waals surface area (Å²) in [5.74, 6) is -0.580. The summed E-state index contributed by atoms with van der Waals surface area (Å²) < 4.78 is 29.3. The van der Waals surface area contributed by atoms with E-state index in [2.05, 4.69) is 31.0 Å². The third kappa shape index (κ3) is 8.25. The first-order valence-corrected chi connectivity index (χ1v) is 16.9. The molecule has 5 aromatic rings. The van der Waals surface area contributed by atoms with Gasteiger partial charge in [-0.15, -0.1) is 5.10 Å². The van der Waals surface area contributed by atoms with E-state index in [1.165, 1.54) is 23.1 Å². The summed E-state index contributed by atoms with van der Waals surface area (Å²) in [6.07, 6.45) is 7.86. The molecule has 2 N–H and O–H groups in total. The van der Waals surface area contributed by atoms with Gasteiger partial charge in [0.2, 0.25) is 5.91 Å². The van der Waals surface area contributed by atoms with Crippen molar-refractivity contribution in [1.29, 1.82) is 0 Å². The monoisotopic (exact) mass is 723 g/mol. The van der Waals surface area contributed by atoms with Crippen LogP contribution in [0.4, 0.5) is 14.5 Å². The van der Waals surface area contributed by atoms with Gasteiger partial charge in [0.1, 0.15) is 11.7 Å². The predicted molar refractivity (Wildman–Crippen MR) is 184 cm³/mol. The molecule has 0 saturated carbocycles. The summed E-state index contributed by atoms with van der Waals surface area (Å²) in [5.41, 5.74) is 2.81. The molecule has 2 aromatic carbocycles. The minimum absolute atomic E-state index is 0.0395. The van der Waals surface area contributed by atoms with Gasteiger partial charge in [0.25, 0.3) is 5.56 Å². The van der Waals surface area contributed by atoms with Gasteiger partial charge in [0, 0.05) is 41.5 Å². The van der Waals surface area contributed by atoms with Crippen LogP contribution in [-0.4, -0.2) is 58.6 Å². The zero-order valence-corrected chi connectivity index (χ0v) is 28.2. The molecule has 1 aliphatic rings. The number of alkyl halides is 2. The molecule has 0 saturated heterocycles. The number of benzene rings is 2. The summed E-state index contributed by atoms with van der Waals surface area (Å²) in [4.78, 5) is 44.3. The van der Waals surface area contributed by atoms with Gasteiger partial charge in [0.15, 0.2) is 10.9 Å². The maximum atomic E-state index is 13.8. The molecule has 0 aliphatic carbocycles. The number of nitrogens with one attached hydrogen (secondary N) is 2. The van der Waals surface area contributed by atoms with Gasteiger partial charge >= 0.3 is 6.55 Å². The number of nitrogens with zero attached hydrogens (tertiary/aromatic N) is 7. The Balaban J connectivity index is 1.23. The van der Waals surface area contributed by atoms with Crippen LogP contribution < -0.4 is 16.2 Å². The van der Waals surface area contributed by atoms with Crippen LogP contribution in [0.2, 0.25) is 10.2 Å². The van der Waals surface area contributed by atoms with Crippen LogP contribution in [0, 0.1) is 0 Å². The van der Waals surface area contributed by atoms with E-state index >= 15 is 0 Å². The lowest BCUT2D eigenvalue weighted by Gasteiger charge is -2.22. The Morgan fingerprint density at radius 2 is 1.90 bits per heavy atom. The van der Waals surface area contributed by atoms with Gasteiger partial charge in [-0.05, 0) is 67.6 Å². The average molecular weight is 725 g/mol. The Bertz CT molecular complexity index is 2050. The van der Waals surface area contributed by atoms with Crippen LogP contribution in [0.1, 0.15) is 73.6 Å². The summed E-state index contributed by atoms with van der Waals surface area (Å²) >= 11 is 12.3. The van der Waals surface area contributed by atoms with E-state index in [-0.39, 0.29) is 40.6 Å². The maximum absolute atomic E-state index is 13.8. The third-order valence-electron chi connectivity index (χ3n) is 8.49. The van der Waals surface area contributed by atoms with E-state index in [4.69, 9.17) is 23.2 Å². The molecule has 1 amide bonds. The van der Waals surface area contributed by atoms with E-state index in [0.29, 0.717) is 58.1 Å². The highest BCUT2D eigenvalue weighted by Crippen LogP contribution is 2.30. The van der Waals surface area contributed by atoms with Crippen LogP contribution in [0.3, 0.4) is 0 Å². The maximum Gasteiger partial charge on any atom is 0.333 e. The van der Waals surface area contributed by atoms with Crippen molar-refractivity contribution in [1.82, 2.24) is 39.6 Å². The minimum atomic E-state index is -2.83. The fraction of sp³-hybridized carbons (Fsp3) is 0.324. The largest absolute Gasteiger partial charge is 0.374 e. The molecule has 2 bridgehead atoms. The molecule has 50 heavy (non-hydrogen) atoms. The SMILES string of the molecule is O=C(CCC[C@H]1Nc2cccc(c2)[C@@H](n2cnc(-c3cc(Cl)ccc3-n3cc(Cl)nn3)cc2=O)CCCCCNC1=O)c1ccn(C(F)F)n1. The van der Waals surface area contributed by atoms with Crippen molar-refractivity contribution in [3.8, 4) is 16.9 Å². The van der Waals surface area contributed by atoms with Crippen molar-refractivity contribution < 1.29 is 18.4 Å². The normalized spacial score (nSPS) is 16.9. The molecule has 0 radical (unpaired) electrons. The topological polar surface area (TPSA) is 142 Å². The first kappa shape index (κ1) is 34.9. The third-order valence-corrected chi connectivity index (χ3v) is 8.90. The lowest BCUT2D eigenvalue weighted by Crippen LogP contribution is -2.40. The van der Waals surface area contributed by atoms with Crippen molar-refractivity contribution in [2.24, 2.45) is 0 Å². The summed E-state index contributed by atoms with van der Waals surface area (Å²) in [6.45, 7) is -2.36. The van der Waals surface area contributed by atoms with Crippen LogP contribution in [0.25, 0.3) is 16.9 Å². The second-order valence-electron chi connectivity index (χ2n) is 11.9. The van der Waals surface area contributed by atoms with Gasteiger partial charge in [-0.1, -0.05) is 53.4 Å². The van der Waals surface area contributed by atoms with Crippen molar-refractivity contribution in [2.75, 3.05) is 11.9 Å². The predicted octanol–water partition coefficient (Wildman–Crippen LogP) is 6.50. The average Bonchev–Trinajstić information content (AvgIpc) is 3.77. The minimum Gasteiger partial charge on any atom is -0.374 e. The molecule has 16 heteroatoms. The van der Waals surface area contributed by atoms with Gasteiger partial charge in [-0.3, -0.25) is 19.0 Å². The van der Waals surface area contributed by atoms with Gasteiger partial charge < -0.3 is 10.6 Å². The van der Waals surface area contributed by atoms with E-state index in [1.54, 1.807) is 29.0 Å². The van der Waals surface area contributed by atoms with Crippen LogP contribution in [0.15, 0.2) is 78.1 Å². The van der Waals surface area contributed by atoms with Crippen molar-refractivity contribution in [3.05, 3.63) is 105 Å². The van der Waals surface area contributed by atoms with Crippen molar-refractivity contribution >= 4 is 40.6 Å². The van der Waals surface area contributed by atoms with Gasteiger partial charge in [-0.25, -0.2) is 14.3 Å². The summed E-state index contributed by atoms with van der Waals surface area (Å²) in [7, 11) is 0. The van der Waals surface area contributed by atoms with Crippen LogP contribution in [-0.2, 0) is 4.79 Å². The Kier molecular flexibility index (Phi) is 11.0.